The summed E-state index contributed by atoms with van der Waals surface area (Å²) < 4.78 is 2.24. The summed E-state index contributed by atoms with van der Waals surface area (Å²) in [5, 5.41) is 0. The lowest BCUT2D eigenvalue weighted by atomic mass is 9.95. The zero-order chi connectivity index (χ0) is 19.2. The summed E-state index contributed by atoms with van der Waals surface area (Å²) in [5.74, 6) is 2.55. The molecule has 0 bridgehead atoms. The normalized spacial score (nSPS) is 18.6. The summed E-state index contributed by atoms with van der Waals surface area (Å²) in [6.07, 6.45) is 12.4. The SMILES string of the molecule is O=C(CCCC1CNNC1)N1CCC(c2nccn2Cc2ccncc2)CC1. The van der Waals surface area contributed by atoms with Gasteiger partial charge in [0.1, 0.15) is 5.82 Å². The molecule has 7 heteroatoms. The highest BCUT2D eigenvalue weighted by atomic mass is 16.2. The second-order valence-electron chi connectivity index (χ2n) is 7.94. The maximum Gasteiger partial charge on any atom is 0.222 e. The van der Waals surface area contributed by atoms with Crippen molar-refractivity contribution in [3.05, 3.63) is 48.3 Å². The molecule has 4 heterocycles. The van der Waals surface area contributed by atoms with Crippen LogP contribution in [0.15, 0.2) is 36.9 Å². The van der Waals surface area contributed by atoms with Gasteiger partial charge in [0.25, 0.3) is 0 Å². The fourth-order valence-corrected chi connectivity index (χ4v) is 4.30. The van der Waals surface area contributed by atoms with Gasteiger partial charge in [-0.3, -0.25) is 20.6 Å². The average molecular weight is 383 g/mol. The predicted octanol–water partition coefficient (Wildman–Crippen LogP) is 1.93. The Kier molecular flexibility index (Phi) is 6.34. The van der Waals surface area contributed by atoms with Crippen molar-refractivity contribution in [3.63, 3.8) is 0 Å². The number of hydrazine groups is 1. The topological polar surface area (TPSA) is 75.1 Å². The molecule has 2 aliphatic heterocycles. The number of piperidine rings is 1. The van der Waals surface area contributed by atoms with Crippen LogP contribution in [-0.4, -0.2) is 51.5 Å². The third kappa shape index (κ3) is 4.77. The molecule has 4 rings (SSSR count). The number of nitrogens with zero attached hydrogens (tertiary/aromatic N) is 4. The second-order valence-corrected chi connectivity index (χ2v) is 7.94. The molecule has 0 unspecified atom stereocenters. The molecule has 0 atom stereocenters. The zero-order valence-electron chi connectivity index (χ0n) is 16.4. The molecule has 150 valence electrons. The van der Waals surface area contributed by atoms with E-state index in [0.29, 0.717) is 24.2 Å². The van der Waals surface area contributed by atoms with Crippen LogP contribution in [0, 0.1) is 5.92 Å². The Hall–Kier alpha value is -2.25. The van der Waals surface area contributed by atoms with Crippen LogP contribution in [0.5, 0.6) is 0 Å². The van der Waals surface area contributed by atoms with E-state index in [1.54, 1.807) is 0 Å². The zero-order valence-corrected chi connectivity index (χ0v) is 16.4. The molecule has 2 aromatic rings. The Morgan fingerprint density at radius 1 is 1.11 bits per heavy atom. The van der Waals surface area contributed by atoms with Gasteiger partial charge in [0.2, 0.25) is 5.91 Å². The highest BCUT2D eigenvalue weighted by molar-refractivity contribution is 5.76. The molecule has 0 aromatic carbocycles. The standard InChI is InChI=1S/C21H30N6O/c28-20(3-1-2-18-14-24-25-15-18)26-11-6-19(7-12-26)21-23-10-13-27(21)16-17-4-8-22-9-5-17/h4-5,8-10,13,18-19,24-25H,1-3,6-7,11-12,14-16H2. The van der Waals surface area contributed by atoms with Crippen LogP contribution < -0.4 is 10.9 Å². The van der Waals surface area contributed by atoms with Crippen LogP contribution in [0.4, 0.5) is 0 Å². The molecular formula is C21H30N6O. The van der Waals surface area contributed by atoms with Crippen LogP contribution in [-0.2, 0) is 11.3 Å². The first-order chi connectivity index (χ1) is 13.8. The second kappa shape index (κ2) is 9.30. The van der Waals surface area contributed by atoms with Crippen molar-refractivity contribution in [1.29, 1.82) is 0 Å². The highest BCUT2D eigenvalue weighted by Crippen LogP contribution is 2.28. The molecule has 28 heavy (non-hydrogen) atoms. The first-order valence-electron chi connectivity index (χ1n) is 10.4. The maximum atomic E-state index is 12.5. The maximum absolute atomic E-state index is 12.5. The molecule has 0 saturated carbocycles. The molecule has 7 nitrogen and oxygen atoms in total. The van der Waals surface area contributed by atoms with Gasteiger partial charge in [-0.05, 0) is 49.3 Å². The van der Waals surface area contributed by atoms with E-state index < -0.39 is 0 Å². The lowest BCUT2D eigenvalue weighted by molar-refractivity contribution is -0.132. The fourth-order valence-electron chi connectivity index (χ4n) is 4.30. The van der Waals surface area contributed by atoms with Crippen molar-refractivity contribution in [3.8, 4) is 0 Å². The number of nitrogens with one attached hydrogen (secondary N) is 2. The van der Waals surface area contributed by atoms with E-state index in [1.807, 2.05) is 30.7 Å². The quantitative estimate of drug-likeness (QED) is 0.765. The van der Waals surface area contributed by atoms with E-state index in [9.17, 15) is 4.79 Å². The number of pyridine rings is 1. The Bertz CT molecular complexity index is 747. The summed E-state index contributed by atoms with van der Waals surface area (Å²) in [5.41, 5.74) is 7.54. The Morgan fingerprint density at radius 3 is 2.61 bits per heavy atom. The summed E-state index contributed by atoms with van der Waals surface area (Å²) in [6, 6.07) is 4.09. The molecule has 2 N–H and O–H groups in total. The van der Waals surface area contributed by atoms with Crippen LogP contribution in [0.3, 0.4) is 0 Å². The van der Waals surface area contributed by atoms with Crippen molar-refractivity contribution in [2.45, 2.75) is 44.6 Å². The van der Waals surface area contributed by atoms with Gasteiger partial charge in [0.05, 0.1) is 0 Å². The van der Waals surface area contributed by atoms with Crippen LogP contribution in [0.25, 0.3) is 0 Å². The fraction of sp³-hybridized carbons (Fsp3) is 0.571. The molecule has 0 aliphatic carbocycles. The van der Waals surface area contributed by atoms with E-state index >= 15 is 0 Å². The van der Waals surface area contributed by atoms with Crippen molar-refractivity contribution in [1.82, 2.24) is 30.3 Å². The summed E-state index contributed by atoms with van der Waals surface area (Å²) >= 11 is 0. The van der Waals surface area contributed by atoms with Crippen LogP contribution in [0.1, 0.15) is 49.4 Å². The van der Waals surface area contributed by atoms with Gasteiger partial charge < -0.3 is 9.47 Å². The van der Waals surface area contributed by atoms with Crippen molar-refractivity contribution in [2.75, 3.05) is 26.2 Å². The third-order valence-electron chi connectivity index (χ3n) is 5.97. The summed E-state index contributed by atoms with van der Waals surface area (Å²) in [4.78, 5) is 23.3. The monoisotopic (exact) mass is 382 g/mol. The number of hydrogen-bond donors (Lipinski definition) is 2. The minimum absolute atomic E-state index is 0.317. The van der Waals surface area contributed by atoms with E-state index in [1.165, 1.54) is 5.56 Å². The molecule has 2 fully saturated rings. The van der Waals surface area contributed by atoms with Gasteiger partial charge in [-0.15, -0.1) is 0 Å². The number of likely N-dealkylation sites (tertiary alicyclic amines) is 1. The number of carbonyl (C=O) groups is 1. The number of aromatic nitrogens is 3. The number of rotatable bonds is 7. The molecule has 1 amide bonds. The van der Waals surface area contributed by atoms with Gasteiger partial charge in [-0.1, -0.05) is 0 Å². The van der Waals surface area contributed by atoms with E-state index in [2.05, 4.69) is 36.5 Å². The Labute approximate surface area is 166 Å². The molecule has 2 saturated heterocycles. The van der Waals surface area contributed by atoms with E-state index in [4.69, 9.17) is 0 Å². The molecule has 2 aliphatic rings. The van der Waals surface area contributed by atoms with Crippen molar-refractivity contribution >= 4 is 5.91 Å². The van der Waals surface area contributed by atoms with E-state index in [-0.39, 0.29) is 0 Å². The molecule has 0 spiro atoms. The lowest BCUT2D eigenvalue weighted by Crippen LogP contribution is -2.38. The van der Waals surface area contributed by atoms with Gasteiger partial charge in [-0.2, -0.15) is 0 Å². The van der Waals surface area contributed by atoms with E-state index in [0.717, 1.165) is 64.2 Å². The predicted molar refractivity (Wildman–Crippen MR) is 107 cm³/mol. The number of amides is 1. The van der Waals surface area contributed by atoms with Crippen molar-refractivity contribution in [2.24, 2.45) is 5.92 Å². The number of imidazole rings is 1. The molecule has 0 radical (unpaired) electrons. The van der Waals surface area contributed by atoms with Gasteiger partial charge in [0, 0.05) is 69.8 Å². The van der Waals surface area contributed by atoms with Gasteiger partial charge >= 0.3 is 0 Å². The number of carbonyl (C=O) groups excluding carboxylic acids is 1. The first-order valence-corrected chi connectivity index (χ1v) is 10.4. The summed E-state index contributed by atoms with van der Waals surface area (Å²) in [6.45, 7) is 4.55. The number of hydrogen-bond acceptors (Lipinski definition) is 5. The minimum Gasteiger partial charge on any atom is -0.343 e. The third-order valence-corrected chi connectivity index (χ3v) is 5.97. The smallest absolute Gasteiger partial charge is 0.222 e. The Balaban J connectivity index is 1.25. The minimum atomic E-state index is 0.317. The van der Waals surface area contributed by atoms with Crippen molar-refractivity contribution < 1.29 is 4.79 Å². The average Bonchev–Trinajstić information content (AvgIpc) is 3.41. The van der Waals surface area contributed by atoms with Gasteiger partial charge in [0.15, 0.2) is 0 Å². The first kappa shape index (κ1) is 19.1. The van der Waals surface area contributed by atoms with Gasteiger partial charge in [-0.25, -0.2) is 4.98 Å². The summed E-state index contributed by atoms with van der Waals surface area (Å²) in [7, 11) is 0. The highest BCUT2D eigenvalue weighted by Gasteiger charge is 2.26. The molecule has 2 aromatic heterocycles. The Morgan fingerprint density at radius 2 is 1.86 bits per heavy atom. The lowest BCUT2D eigenvalue weighted by Gasteiger charge is -2.32. The molecular weight excluding hydrogens is 352 g/mol. The largest absolute Gasteiger partial charge is 0.343 e. The van der Waals surface area contributed by atoms with Crippen LogP contribution in [0.2, 0.25) is 0 Å². The van der Waals surface area contributed by atoms with Crippen LogP contribution >= 0.6 is 0 Å².